The zero-order valence-corrected chi connectivity index (χ0v) is 17.7. The summed E-state index contributed by atoms with van der Waals surface area (Å²) in [6.07, 6.45) is 3.33. The summed E-state index contributed by atoms with van der Waals surface area (Å²) in [4.78, 5) is 13.8. The van der Waals surface area contributed by atoms with Gasteiger partial charge < -0.3 is 5.32 Å². The fraction of sp³-hybridized carbons (Fsp3) is 0.136. The monoisotopic (exact) mass is 464 g/mol. The van der Waals surface area contributed by atoms with Crippen molar-refractivity contribution in [3.8, 4) is 33.9 Å². The molecule has 0 saturated heterocycles. The lowest BCUT2D eigenvalue weighted by Gasteiger charge is -2.11. The molecule has 1 aliphatic rings. The average Bonchev–Trinajstić information content (AvgIpc) is 3.48. The largest absolute Gasteiger partial charge is 0.308 e. The standard InChI is InChI=1S/C22H15ClF2N8/c23-14-6-12(15(24)7-16(14)25)21-13(9-28-31-21)17-1-2-18-19(29-17)5-11(8-27-18)22-30-20-10-26-3-4-33(20)32-22/h1-2,5-9,26H,3-4,10H2,(H,28,31). The van der Waals surface area contributed by atoms with Crippen LogP contribution in [0.3, 0.4) is 0 Å². The molecule has 0 saturated carbocycles. The maximum atomic E-state index is 14.5. The van der Waals surface area contributed by atoms with Crippen molar-refractivity contribution in [2.75, 3.05) is 6.54 Å². The Kier molecular flexibility index (Phi) is 4.63. The molecule has 0 bridgehead atoms. The Morgan fingerprint density at radius 3 is 2.79 bits per heavy atom. The van der Waals surface area contributed by atoms with E-state index in [2.05, 4.69) is 30.6 Å². The van der Waals surface area contributed by atoms with Crippen LogP contribution >= 0.6 is 11.6 Å². The van der Waals surface area contributed by atoms with E-state index in [9.17, 15) is 8.78 Å². The number of aromatic amines is 1. The Labute approximate surface area is 190 Å². The molecule has 6 rings (SSSR count). The minimum atomic E-state index is -0.831. The van der Waals surface area contributed by atoms with E-state index in [4.69, 9.17) is 16.6 Å². The van der Waals surface area contributed by atoms with Crippen LogP contribution in [0.1, 0.15) is 5.82 Å². The van der Waals surface area contributed by atoms with Gasteiger partial charge in [0.25, 0.3) is 0 Å². The Hall–Kier alpha value is -3.76. The van der Waals surface area contributed by atoms with Crippen LogP contribution in [-0.4, -0.2) is 41.5 Å². The molecule has 0 aliphatic carbocycles. The van der Waals surface area contributed by atoms with Gasteiger partial charge in [-0.2, -0.15) is 10.2 Å². The van der Waals surface area contributed by atoms with E-state index in [1.165, 1.54) is 6.07 Å². The molecule has 0 atom stereocenters. The van der Waals surface area contributed by atoms with Gasteiger partial charge in [0.05, 0.1) is 34.8 Å². The van der Waals surface area contributed by atoms with E-state index >= 15 is 0 Å². The lowest BCUT2D eigenvalue weighted by molar-refractivity contribution is 0.469. The second-order valence-corrected chi connectivity index (χ2v) is 8.01. The quantitative estimate of drug-likeness (QED) is 0.392. The summed E-state index contributed by atoms with van der Waals surface area (Å²) in [5.41, 5.74) is 3.51. The second-order valence-electron chi connectivity index (χ2n) is 7.60. The zero-order valence-electron chi connectivity index (χ0n) is 17.0. The lowest BCUT2D eigenvalue weighted by atomic mass is 10.0. The molecule has 11 heteroatoms. The number of nitrogens with one attached hydrogen (secondary N) is 2. The maximum Gasteiger partial charge on any atom is 0.183 e. The predicted molar refractivity (Wildman–Crippen MR) is 118 cm³/mol. The Bertz CT molecular complexity index is 1500. The average molecular weight is 465 g/mol. The fourth-order valence-electron chi connectivity index (χ4n) is 3.87. The minimum Gasteiger partial charge on any atom is -0.308 e. The number of aromatic nitrogens is 7. The molecule has 2 N–H and O–H groups in total. The molecule has 8 nitrogen and oxygen atoms in total. The molecule has 1 aromatic carbocycles. The van der Waals surface area contributed by atoms with Crippen LogP contribution in [0, 0.1) is 11.6 Å². The van der Waals surface area contributed by atoms with Crippen LogP contribution in [0.15, 0.2) is 42.7 Å². The van der Waals surface area contributed by atoms with Crippen LogP contribution in [0.4, 0.5) is 8.78 Å². The normalized spacial score (nSPS) is 13.4. The number of hydrogen-bond donors (Lipinski definition) is 2. The van der Waals surface area contributed by atoms with Gasteiger partial charge in [0.2, 0.25) is 0 Å². The van der Waals surface area contributed by atoms with Crippen molar-refractivity contribution in [1.82, 2.24) is 40.2 Å². The predicted octanol–water partition coefficient (Wildman–Crippen LogP) is 3.98. The van der Waals surface area contributed by atoms with Gasteiger partial charge in [-0.05, 0) is 24.3 Å². The number of rotatable bonds is 3. The minimum absolute atomic E-state index is 0.0767. The summed E-state index contributed by atoms with van der Waals surface area (Å²) in [6.45, 7) is 2.28. The summed E-state index contributed by atoms with van der Waals surface area (Å²) in [7, 11) is 0. The van der Waals surface area contributed by atoms with Gasteiger partial charge in [-0.25, -0.2) is 23.4 Å². The highest BCUT2D eigenvalue weighted by molar-refractivity contribution is 6.31. The van der Waals surface area contributed by atoms with Crippen molar-refractivity contribution in [3.05, 3.63) is 65.2 Å². The number of halogens is 3. The second kappa shape index (κ2) is 7.68. The number of hydrogen-bond acceptors (Lipinski definition) is 6. The molecule has 0 fully saturated rings. The van der Waals surface area contributed by atoms with E-state index in [0.717, 1.165) is 30.5 Å². The molecule has 4 aromatic heterocycles. The molecule has 164 valence electrons. The fourth-order valence-corrected chi connectivity index (χ4v) is 4.03. The molecule has 5 aromatic rings. The third kappa shape index (κ3) is 3.43. The summed E-state index contributed by atoms with van der Waals surface area (Å²) in [5.74, 6) is -0.134. The van der Waals surface area contributed by atoms with Gasteiger partial charge in [-0.3, -0.25) is 10.1 Å². The van der Waals surface area contributed by atoms with E-state index in [-0.39, 0.29) is 16.3 Å². The summed E-state index contributed by atoms with van der Waals surface area (Å²) < 4.78 is 30.0. The molecular weight excluding hydrogens is 450 g/mol. The number of fused-ring (bicyclic) bond motifs is 2. The highest BCUT2D eigenvalue weighted by Gasteiger charge is 2.19. The van der Waals surface area contributed by atoms with Crippen LogP contribution in [0.2, 0.25) is 5.02 Å². The molecule has 0 unspecified atom stereocenters. The summed E-state index contributed by atoms with van der Waals surface area (Å²) in [6, 6.07) is 7.42. The van der Waals surface area contributed by atoms with Crippen molar-refractivity contribution in [1.29, 1.82) is 0 Å². The SMILES string of the molecule is Fc1cc(F)c(-c2n[nH]cc2-c2ccc3ncc(-c4nc5n(n4)CCNC5)cc3n2)cc1Cl. The smallest absolute Gasteiger partial charge is 0.183 e. The first-order chi connectivity index (χ1) is 16.1. The molecule has 0 amide bonds. The molecule has 1 aliphatic heterocycles. The van der Waals surface area contributed by atoms with Crippen LogP contribution in [0.25, 0.3) is 44.9 Å². The number of H-pyrrole nitrogens is 1. The summed E-state index contributed by atoms with van der Waals surface area (Å²) >= 11 is 5.87. The van der Waals surface area contributed by atoms with Gasteiger partial charge in [-0.1, -0.05) is 11.6 Å². The van der Waals surface area contributed by atoms with Crippen molar-refractivity contribution in [3.63, 3.8) is 0 Å². The van der Waals surface area contributed by atoms with E-state index < -0.39 is 11.6 Å². The van der Waals surface area contributed by atoms with E-state index in [1.54, 1.807) is 18.5 Å². The lowest BCUT2D eigenvalue weighted by Crippen LogP contribution is -2.28. The first-order valence-corrected chi connectivity index (χ1v) is 10.6. The van der Waals surface area contributed by atoms with E-state index in [0.29, 0.717) is 34.7 Å². The third-order valence-electron chi connectivity index (χ3n) is 5.51. The van der Waals surface area contributed by atoms with Crippen molar-refractivity contribution in [2.45, 2.75) is 13.1 Å². The molecule has 33 heavy (non-hydrogen) atoms. The van der Waals surface area contributed by atoms with Crippen LogP contribution in [0.5, 0.6) is 0 Å². The zero-order chi connectivity index (χ0) is 22.5. The van der Waals surface area contributed by atoms with Crippen molar-refractivity contribution >= 4 is 22.6 Å². The van der Waals surface area contributed by atoms with Crippen LogP contribution in [-0.2, 0) is 13.1 Å². The first kappa shape index (κ1) is 19.9. The first-order valence-electron chi connectivity index (χ1n) is 10.2. The topological polar surface area (TPSA) is 97.2 Å². The van der Waals surface area contributed by atoms with Gasteiger partial charge in [0, 0.05) is 41.7 Å². The van der Waals surface area contributed by atoms with E-state index in [1.807, 2.05) is 16.8 Å². The van der Waals surface area contributed by atoms with Gasteiger partial charge in [0.1, 0.15) is 23.2 Å². The van der Waals surface area contributed by atoms with Gasteiger partial charge >= 0.3 is 0 Å². The maximum absolute atomic E-state index is 14.5. The molecule has 0 spiro atoms. The van der Waals surface area contributed by atoms with Crippen molar-refractivity contribution < 1.29 is 8.78 Å². The number of benzene rings is 1. The Morgan fingerprint density at radius 2 is 1.91 bits per heavy atom. The van der Waals surface area contributed by atoms with Gasteiger partial charge in [-0.15, -0.1) is 0 Å². The Balaban J connectivity index is 1.43. The summed E-state index contributed by atoms with van der Waals surface area (Å²) in [5, 5.41) is 14.5. The highest BCUT2D eigenvalue weighted by Crippen LogP contribution is 2.34. The third-order valence-corrected chi connectivity index (χ3v) is 5.80. The molecular formula is C22H15ClF2N8. The molecule has 0 radical (unpaired) electrons. The Morgan fingerprint density at radius 1 is 1.00 bits per heavy atom. The van der Waals surface area contributed by atoms with Crippen LogP contribution < -0.4 is 5.32 Å². The number of pyridine rings is 2. The molecule has 5 heterocycles. The highest BCUT2D eigenvalue weighted by atomic mass is 35.5. The van der Waals surface area contributed by atoms with Crippen molar-refractivity contribution in [2.24, 2.45) is 0 Å². The number of nitrogens with zero attached hydrogens (tertiary/aromatic N) is 6. The van der Waals surface area contributed by atoms with Gasteiger partial charge in [0.15, 0.2) is 5.82 Å².